The molecule has 0 radical (unpaired) electrons. The van der Waals surface area contributed by atoms with E-state index >= 15 is 0 Å². The zero-order valence-corrected chi connectivity index (χ0v) is 18.1. The molecule has 0 saturated carbocycles. The third-order valence-electron chi connectivity index (χ3n) is 5.64. The van der Waals surface area contributed by atoms with Crippen molar-refractivity contribution in [1.82, 2.24) is 24.6 Å². The third-order valence-corrected chi connectivity index (χ3v) is 5.64. The molecule has 0 spiro atoms. The molecule has 0 bridgehead atoms. The highest BCUT2D eigenvalue weighted by Crippen LogP contribution is 2.23. The van der Waals surface area contributed by atoms with E-state index in [0.29, 0.717) is 5.56 Å². The van der Waals surface area contributed by atoms with Gasteiger partial charge in [-0.15, -0.1) is 0 Å². The predicted molar refractivity (Wildman–Crippen MR) is 117 cm³/mol. The number of nitrogens with zero attached hydrogens (tertiary/aromatic N) is 5. The molecular formula is C23H29N5O2. The quantitative estimate of drug-likeness (QED) is 0.649. The summed E-state index contributed by atoms with van der Waals surface area (Å²) in [6, 6.07) is 10.3. The first-order chi connectivity index (χ1) is 14.5. The summed E-state index contributed by atoms with van der Waals surface area (Å²) in [6.45, 7) is 10.1. The summed E-state index contributed by atoms with van der Waals surface area (Å²) in [5.74, 6) is 0.937. The van der Waals surface area contributed by atoms with Crippen molar-refractivity contribution < 1.29 is 9.53 Å². The molecule has 1 amide bonds. The fourth-order valence-corrected chi connectivity index (χ4v) is 3.97. The summed E-state index contributed by atoms with van der Waals surface area (Å²) in [6.07, 6.45) is 1.77. The van der Waals surface area contributed by atoms with Crippen LogP contribution in [0.25, 0.3) is 11.0 Å². The first-order valence-corrected chi connectivity index (χ1v) is 10.5. The number of fused-ring (bicyclic) bond motifs is 1. The van der Waals surface area contributed by atoms with Crippen molar-refractivity contribution in [2.24, 2.45) is 0 Å². The Morgan fingerprint density at radius 3 is 2.47 bits per heavy atom. The average Bonchev–Trinajstić information content (AvgIpc) is 3.18. The number of pyridine rings is 1. The molecule has 0 N–H and O–H groups in total. The number of rotatable bonds is 5. The fraction of sp³-hybridized carbons (Fsp3) is 0.435. The Kier molecular flexibility index (Phi) is 5.72. The maximum Gasteiger partial charge on any atom is 0.254 e. The van der Waals surface area contributed by atoms with Crippen molar-refractivity contribution in [2.45, 2.75) is 33.4 Å². The smallest absolute Gasteiger partial charge is 0.254 e. The van der Waals surface area contributed by atoms with Gasteiger partial charge in [-0.1, -0.05) is 12.1 Å². The molecule has 1 aliphatic rings. The average molecular weight is 408 g/mol. The Morgan fingerprint density at radius 2 is 1.83 bits per heavy atom. The lowest BCUT2D eigenvalue weighted by Crippen LogP contribution is -2.48. The molecule has 7 heteroatoms. The first kappa shape index (κ1) is 20.3. The Morgan fingerprint density at radius 1 is 1.13 bits per heavy atom. The van der Waals surface area contributed by atoms with Gasteiger partial charge in [0.15, 0.2) is 5.65 Å². The molecule has 0 atom stereocenters. The Hall–Kier alpha value is -2.93. The van der Waals surface area contributed by atoms with Gasteiger partial charge < -0.3 is 9.64 Å². The van der Waals surface area contributed by atoms with Crippen LogP contribution in [0.2, 0.25) is 0 Å². The first-order valence-electron chi connectivity index (χ1n) is 10.5. The molecule has 0 aliphatic carbocycles. The fourth-order valence-electron chi connectivity index (χ4n) is 3.97. The summed E-state index contributed by atoms with van der Waals surface area (Å²) >= 11 is 0. The lowest BCUT2D eigenvalue weighted by atomic mass is 10.1. The molecule has 0 unspecified atom stereocenters. The Labute approximate surface area is 177 Å². The Bertz CT molecular complexity index is 1030. The molecule has 30 heavy (non-hydrogen) atoms. The minimum absolute atomic E-state index is 0.0675. The van der Waals surface area contributed by atoms with Gasteiger partial charge in [0.2, 0.25) is 0 Å². The van der Waals surface area contributed by atoms with Gasteiger partial charge in [-0.25, -0.2) is 9.67 Å². The number of carbonyl (C=O) groups excluding carboxylic acids is 1. The van der Waals surface area contributed by atoms with E-state index in [2.05, 4.69) is 41.0 Å². The van der Waals surface area contributed by atoms with Crippen molar-refractivity contribution >= 4 is 16.9 Å². The van der Waals surface area contributed by atoms with E-state index in [9.17, 15) is 4.79 Å². The van der Waals surface area contributed by atoms with Gasteiger partial charge >= 0.3 is 0 Å². The molecule has 1 fully saturated rings. The standard InChI is InChI=1S/C23H29N5O2/c1-16(2)28-22-21(14-24-28)20(13-17(3)25-22)23(29)27-11-9-26(10-12-27)15-18-5-7-19(30-4)8-6-18/h5-8,13-14,16H,9-12,15H2,1-4H3. The zero-order chi connectivity index (χ0) is 21.3. The topological polar surface area (TPSA) is 63.5 Å². The molecule has 7 nitrogen and oxygen atoms in total. The van der Waals surface area contributed by atoms with E-state index in [0.717, 1.165) is 55.2 Å². The van der Waals surface area contributed by atoms with E-state index in [1.54, 1.807) is 13.3 Å². The number of carbonyl (C=O) groups is 1. The maximum atomic E-state index is 13.3. The van der Waals surface area contributed by atoms with Crippen LogP contribution in [0.5, 0.6) is 5.75 Å². The van der Waals surface area contributed by atoms with Crippen molar-refractivity contribution in [3.63, 3.8) is 0 Å². The van der Waals surface area contributed by atoms with Crippen molar-refractivity contribution in [1.29, 1.82) is 0 Å². The Balaban J connectivity index is 1.45. The van der Waals surface area contributed by atoms with Crippen LogP contribution in [0.4, 0.5) is 0 Å². The highest BCUT2D eigenvalue weighted by Gasteiger charge is 2.25. The van der Waals surface area contributed by atoms with E-state index in [-0.39, 0.29) is 11.9 Å². The predicted octanol–water partition coefficient (Wildman–Crippen LogP) is 3.29. The normalized spacial score (nSPS) is 15.2. The molecule has 158 valence electrons. The van der Waals surface area contributed by atoms with Crippen molar-refractivity contribution in [3.05, 3.63) is 53.3 Å². The van der Waals surface area contributed by atoms with Crippen LogP contribution in [0.1, 0.15) is 41.5 Å². The number of piperazine rings is 1. The molecule has 3 heterocycles. The van der Waals surface area contributed by atoms with E-state index in [1.165, 1.54) is 5.56 Å². The number of hydrogen-bond donors (Lipinski definition) is 0. The van der Waals surface area contributed by atoms with Crippen LogP contribution >= 0.6 is 0 Å². The van der Waals surface area contributed by atoms with Gasteiger partial charge in [-0.05, 0) is 44.5 Å². The lowest BCUT2D eigenvalue weighted by molar-refractivity contribution is 0.0630. The molecule has 1 aliphatic heterocycles. The van der Waals surface area contributed by atoms with Gasteiger partial charge in [-0.2, -0.15) is 5.10 Å². The van der Waals surface area contributed by atoms with Crippen molar-refractivity contribution in [3.8, 4) is 5.75 Å². The summed E-state index contributed by atoms with van der Waals surface area (Å²) in [5, 5.41) is 5.29. The SMILES string of the molecule is COc1ccc(CN2CCN(C(=O)c3cc(C)nc4c3cnn4C(C)C)CC2)cc1. The molecule has 3 aromatic rings. The van der Waals surface area contributed by atoms with Crippen LogP contribution in [0.3, 0.4) is 0 Å². The van der Waals surface area contributed by atoms with Crippen LogP contribution < -0.4 is 4.74 Å². The van der Waals surface area contributed by atoms with Crippen molar-refractivity contribution in [2.75, 3.05) is 33.3 Å². The van der Waals surface area contributed by atoms with Gasteiger partial charge in [0.1, 0.15) is 5.75 Å². The summed E-state index contributed by atoms with van der Waals surface area (Å²) in [5.41, 5.74) is 3.58. The van der Waals surface area contributed by atoms with Gasteiger partial charge in [0.05, 0.1) is 24.3 Å². The maximum absolute atomic E-state index is 13.3. The second-order valence-electron chi connectivity index (χ2n) is 8.15. The highest BCUT2D eigenvalue weighted by atomic mass is 16.5. The number of aromatic nitrogens is 3. The summed E-state index contributed by atoms with van der Waals surface area (Å²) in [7, 11) is 1.68. The number of ether oxygens (including phenoxy) is 1. The number of aryl methyl sites for hydroxylation is 1. The number of amides is 1. The van der Waals surface area contributed by atoms with Crippen LogP contribution in [-0.4, -0.2) is 63.8 Å². The monoisotopic (exact) mass is 407 g/mol. The summed E-state index contributed by atoms with van der Waals surface area (Å²) < 4.78 is 7.11. The van der Waals surface area contributed by atoms with E-state index in [1.807, 2.05) is 34.7 Å². The molecular weight excluding hydrogens is 378 g/mol. The number of benzene rings is 1. The molecule has 1 aromatic carbocycles. The molecule has 2 aromatic heterocycles. The molecule has 4 rings (SSSR count). The summed E-state index contributed by atoms with van der Waals surface area (Å²) in [4.78, 5) is 22.3. The van der Waals surface area contributed by atoms with Gasteiger partial charge in [0, 0.05) is 44.5 Å². The van der Waals surface area contributed by atoms with Crippen LogP contribution in [-0.2, 0) is 6.54 Å². The van der Waals surface area contributed by atoms with E-state index < -0.39 is 0 Å². The zero-order valence-electron chi connectivity index (χ0n) is 18.1. The van der Waals surface area contributed by atoms with Gasteiger partial charge in [-0.3, -0.25) is 9.69 Å². The van der Waals surface area contributed by atoms with Gasteiger partial charge in [0.25, 0.3) is 5.91 Å². The highest BCUT2D eigenvalue weighted by molar-refractivity contribution is 6.05. The molecule has 1 saturated heterocycles. The van der Waals surface area contributed by atoms with Crippen LogP contribution in [0, 0.1) is 6.92 Å². The minimum Gasteiger partial charge on any atom is -0.497 e. The second kappa shape index (κ2) is 8.44. The lowest BCUT2D eigenvalue weighted by Gasteiger charge is -2.35. The van der Waals surface area contributed by atoms with Crippen LogP contribution in [0.15, 0.2) is 36.5 Å². The second-order valence-corrected chi connectivity index (χ2v) is 8.15. The third kappa shape index (κ3) is 4.03. The minimum atomic E-state index is 0.0675. The number of methoxy groups -OCH3 is 1. The number of hydrogen-bond acceptors (Lipinski definition) is 5. The van der Waals surface area contributed by atoms with E-state index in [4.69, 9.17) is 4.74 Å². The largest absolute Gasteiger partial charge is 0.497 e.